The van der Waals surface area contributed by atoms with E-state index in [-0.39, 0.29) is 11.8 Å². The second-order valence-corrected chi connectivity index (χ2v) is 8.36. The van der Waals surface area contributed by atoms with Crippen molar-refractivity contribution in [1.82, 2.24) is 4.90 Å². The molecular weight excluding hydrogens is 398 g/mol. The Morgan fingerprint density at radius 2 is 1.41 bits per heavy atom. The lowest BCUT2D eigenvalue weighted by molar-refractivity contribution is 0.0895. The van der Waals surface area contributed by atoms with Gasteiger partial charge in [0.05, 0.1) is 6.54 Å². The van der Waals surface area contributed by atoms with E-state index in [0.717, 1.165) is 32.4 Å². The molecule has 1 aliphatic rings. The lowest BCUT2D eigenvalue weighted by Crippen LogP contribution is -2.37. The summed E-state index contributed by atoms with van der Waals surface area (Å²) in [6, 6.07) is 26.7. The van der Waals surface area contributed by atoms with Crippen LogP contribution in [0.25, 0.3) is 0 Å². The van der Waals surface area contributed by atoms with E-state index in [1.807, 2.05) is 36.4 Å². The lowest BCUT2D eigenvalue weighted by atomic mass is 9.90. The molecule has 2 N–H and O–H groups in total. The third-order valence-corrected chi connectivity index (χ3v) is 5.92. The molecular formula is C27H29N3O2. The van der Waals surface area contributed by atoms with E-state index in [4.69, 9.17) is 0 Å². The Labute approximate surface area is 189 Å². The fourth-order valence-electron chi connectivity index (χ4n) is 4.18. The molecule has 5 nitrogen and oxygen atoms in total. The largest absolute Gasteiger partial charge is 0.323 e. The van der Waals surface area contributed by atoms with Crippen LogP contribution in [0.1, 0.15) is 28.8 Å². The predicted molar refractivity (Wildman–Crippen MR) is 129 cm³/mol. The van der Waals surface area contributed by atoms with Gasteiger partial charge in [0.25, 0.3) is 0 Å². The Kier molecular flexibility index (Phi) is 7.31. The minimum absolute atomic E-state index is 0.0821. The van der Waals surface area contributed by atoms with Crippen LogP contribution in [0.3, 0.4) is 0 Å². The molecule has 1 heterocycles. The number of hydrogen-bond donors (Lipinski definition) is 2. The zero-order chi connectivity index (χ0) is 22.2. The Hall–Kier alpha value is -3.44. The molecule has 164 valence electrons. The smallest absolute Gasteiger partial charge is 0.308 e. The second kappa shape index (κ2) is 10.7. The number of carbonyl (C=O) groups is 2. The highest BCUT2D eigenvalue weighted by molar-refractivity contribution is 6.02. The van der Waals surface area contributed by atoms with E-state index in [2.05, 4.69) is 45.9 Å². The summed E-state index contributed by atoms with van der Waals surface area (Å²) in [6.45, 7) is 2.30. The van der Waals surface area contributed by atoms with Crippen LogP contribution in [0, 0.1) is 5.92 Å². The molecule has 0 saturated carbocycles. The maximum atomic E-state index is 12.8. The first-order chi connectivity index (χ1) is 15.7. The molecule has 2 amide bonds. The number of amides is 2. The van der Waals surface area contributed by atoms with Gasteiger partial charge in [-0.1, -0.05) is 60.7 Å². The third-order valence-electron chi connectivity index (χ3n) is 5.92. The number of nitrogens with one attached hydrogen (secondary N) is 2. The summed E-state index contributed by atoms with van der Waals surface area (Å²) >= 11 is 0. The van der Waals surface area contributed by atoms with E-state index >= 15 is 0 Å². The number of para-hydroxylation sites is 1. The zero-order valence-electron chi connectivity index (χ0n) is 18.2. The van der Waals surface area contributed by atoms with Gasteiger partial charge in [0.2, 0.25) is 0 Å². The number of ketones is 1. The molecule has 32 heavy (non-hydrogen) atoms. The fraction of sp³-hybridized carbons (Fsp3) is 0.259. The maximum Gasteiger partial charge on any atom is 0.323 e. The van der Waals surface area contributed by atoms with Gasteiger partial charge < -0.3 is 10.6 Å². The molecule has 0 aromatic heterocycles. The van der Waals surface area contributed by atoms with Crippen LogP contribution in [-0.4, -0.2) is 36.3 Å². The minimum atomic E-state index is -0.332. The van der Waals surface area contributed by atoms with Crippen molar-refractivity contribution < 1.29 is 9.59 Å². The molecule has 1 fully saturated rings. The molecule has 0 bridgehead atoms. The van der Waals surface area contributed by atoms with Crippen LogP contribution in [-0.2, 0) is 6.42 Å². The van der Waals surface area contributed by atoms with Crippen LogP contribution >= 0.6 is 0 Å². The first-order valence-corrected chi connectivity index (χ1v) is 11.2. The van der Waals surface area contributed by atoms with Crippen LogP contribution in [0.4, 0.5) is 16.2 Å². The van der Waals surface area contributed by atoms with Gasteiger partial charge in [-0.15, -0.1) is 0 Å². The zero-order valence-corrected chi connectivity index (χ0v) is 18.2. The Bertz CT molecular complexity index is 1030. The molecule has 0 spiro atoms. The van der Waals surface area contributed by atoms with Crippen molar-refractivity contribution in [2.75, 3.05) is 30.3 Å². The number of piperidine rings is 1. The Morgan fingerprint density at radius 1 is 0.781 bits per heavy atom. The number of Topliss-reactive ketones (excluding diaryl/α,β-unsaturated/α-hetero) is 1. The first-order valence-electron chi connectivity index (χ1n) is 11.2. The maximum absolute atomic E-state index is 12.8. The van der Waals surface area contributed by atoms with Gasteiger partial charge in [0.1, 0.15) is 0 Å². The van der Waals surface area contributed by atoms with Crippen molar-refractivity contribution in [2.45, 2.75) is 19.3 Å². The van der Waals surface area contributed by atoms with E-state index in [9.17, 15) is 9.59 Å². The molecule has 1 saturated heterocycles. The molecule has 3 aromatic carbocycles. The molecule has 5 heteroatoms. The third kappa shape index (κ3) is 6.28. The van der Waals surface area contributed by atoms with E-state index in [1.165, 1.54) is 5.56 Å². The topological polar surface area (TPSA) is 61.4 Å². The van der Waals surface area contributed by atoms with Crippen molar-refractivity contribution in [3.05, 3.63) is 96.1 Å². The van der Waals surface area contributed by atoms with Gasteiger partial charge in [-0.25, -0.2) is 4.79 Å². The quantitative estimate of drug-likeness (QED) is 0.492. The number of nitrogens with zero attached hydrogens (tertiary/aromatic N) is 1. The van der Waals surface area contributed by atoms with Crippen molar-refractivity contribution in [1.29, 1.82) is 0 Å². The minimum Gasteiger partial charge on any atom is -0.308 e. The number of rotatable bonds is 7. The molecule has 0 unspecified atom stereocenters. The van der Waals surface area contributed by atoms with Gasteiger partial charge in [-0.2, -0.15) is 0 Å². The van der Waals surface area contributed by atoms with Gasteiger partial charge in [-0.05, 0) is 68.1 Å². The standard InChI is InChI=1S/C27H29N3O2/c31-26(20-30-16-14-22(15-17-30)18-21-8-3-1-4-9-21)23-10-7-13-25(19-23)29-27(32)28-24-11-5-2-6-12-24/h1-13,19,22H,14-18,20H2,(H2,28,29,32). The van der Waals surface area contributed by atoms with Crippen LogP contribution < -0.4 is 10.6 Å². The number of carbonyl (C=O) groups excluding carboxylic acids is 2. The Morgan fingerprint density at radius 3 is 2.12 bits per heavy atom. The molecule has 0 aliphatic carbocycles. The van der Waals surface area contributed by atoms with Crippen molar-refractivity contribution in [3.63, 3.8) is 0 Å². The highest BCUT2D eigenvalue weighted by atomic mass is 16.2. The van der Waals surface area contributed by atoms with Crippen LogP contribution in [0.15, 0.2) is 84.9 Å². The Balaban J connectivity index is 1.26. The fourth-order valence-corrected chi connectivity index (χ4v) is 4.18. The van der Waals surface area contributed by atoms with Gasteiger partial charge in [0.15, 0.2) is 5.78 Å². The van der Waals surface area contributed by atoms with E-state index in [0.29, 0.717) is 29.4 Å². The number of urea groups is 1. The highest BCUT2D eigenvalue weighted by Crippen LogP contribution is 2.22. The summed E-state index contributed by atoms with van der Waals surface area (Å²) in [7, 11) is 0. The van der Waals surface area contributed by atoms with E-state index in [1.54, 1.807) is 18.2 Å². The number of anilines is 2. The second-order valence-electron chi connectivity index (χ2n) is 8.36. The summed E-state index contributed by atoms with van der Waals surface area (Å²) in [6.07, 6.45) is 3.34. The van der Waals surface area contributed by atoms with Gasteiger partial charge in [-0.3, -0.25) is 9.69 Å². The number of hydrogen-bond acceptors (Lipinski definition) is 3. The van der Waals surface area contributed by atoms with E-state index < -0.39 is 0 Å². The average molecular weight is 428 g/mol. The van der Waals surface area contributed by atoms with Crippen molar-refractivity contribution in [2.24, 2.45) is 5.92 Å². The van der Waals surface area contributed by atoms with Crippen molar-refractivity contribution in [3.8, 4) is 0 Å². The number of likely N-dealkylation sites (tertiary alicyclic amines) is 1. The predicted octanol–water partition coefficient (Wildman–Crippen LogP) is 5.47. The summed E-state index contributed by atoms with van der Waals surface area (Å²) in [4.78, 5) is 27.3. The van der Waals surface area contributed by atoms with Gasteiger partial charge in [0, 0.05) is 16.9 Å². The SMILES string of the molecule is O=C(Nc1ccccc1)Nc1cccc(C(=O)CN2CCC(Cc3ccccc3)CC2)c1. The normalized spacial score (nSPS) is 14.6. The monoisotopic (exact) mass is 427 g/mol. The number of benzene rings is 3. The van der Waals surface area contributed by atoms with Crippen LogP contribution in [0.5, 0.6) is 0 Å². The molecule has 4 rings (SSSR count). The molecule has 3 aromatic rings. The van der Waals surface area contributed by atoms with Crippen molar-refractivity contribution >= 4 is 23.2 Å². The molecule has 0 atom stereocenters. The highest BCUT2D eigenvalue weighted by Gasteiger charge is 2.21. The summed E-state index contributed by atoms with van der Waals surface area (Å²) in [5.41, 5.74) is 3.33. The molecule has 0 radical (unpaired) electrons. The first kappa shape index (κ1) is 21.8. The molecule has 1 aliphatic heterocycles. The average Bonchev–Trinajstić information content (AvgIpc) is 2.82. The summed E-state index contributed by atoms with van der Waals surface area (Å²) in [5, 5.41) is 5.59. The van der Waals surface area contributed by atoms with Crippen LogP contribution in [0.2, 0.25) is 0 Å². The lowest BCUT2D eigenvalue weighted by Gasteiger charge is -2.31. The summed E-state index contributed by atoms with van der Waals surface area (Å²) < 4.78 is 0. The van der Waals surface area contributed by atoms with Gasteiger partial charge >= 0.3 is 6.03 Å². The summed E-state index contributed by atoms with van der Waals surface area (Å²) in [5.74, 6) is 0.762.